The summed E-state index contributed by atoms with van der Waals surface area (Å²) in [4.78, 5) is 30.9. The van der Waals surface area contributed by atoms with E-state index in [1.54, 1.807) is 12.0 Å². The second-order valence-corrected chi connectivity index (χ2v) is 10.2. The first-order valence-corrected chi connectivity index (χ1v) is 13.5. The molecule has 2 aromatic carbocycles. The number of nitrogens with zero attached hydrogens (tertiary/aromatic N) is 4. The first-order valence-electron chi connectivity index (χ1n) is 13.5. The summed E-state index contributed by atoms with van der Waals surface area (Å²) in [6.45, 7) is 8.05. The molecular formula is C29H36N4O6. The Hall–Kier alpha value is -3.63. The number of hydrogen-bond donors (Lipinski definition) is 0. The Morgan fingerprint density at radius 1 is 1.08 bits per heavy atom. The van der Waals surface area contributed by atoms with E-state index in [4.69, 9.17) is 24.0 Å². The zero-order valence-electron chi connectivity index (χ0n) is 22.8. The molecule has 208 valence electrons. The molecule has 3 aliphatic heterocycles. The Morgan fingerprint density at radius 2 is 1.82 bits per heavy atom. The SMILES string of the molecule is COc1ccc(C2=NN(C(=O)CN(CCN3CCOCC3)C(=O)C(C)C)C(c3ccc4c(c3)OCO4)C2)cc1. The lowest BCUT2D eigenvalue weighted by molar-refractivity contribution is -0.143. The van der Waals surface area contributed by atoms with Crippen LogP contribution in [-0.2, 0) is 14.3 Å². The molecule has 0 bridgehead atoms. The Balaban J connectivity index is 1.39. The van der Waals surface area contributed by atoms with Gasteiger partial charge in [-0.1, -0.05) is 19.9 Å². The van der Waals surface area contributed by atoms with Crippen LogP contribution in [0.15, 0.2) is 47.6 Å². The number of morpholine rings is 1. The monoisotopic (exact) mass is 536 g/mol. The number of carbonyl (C=O) groups is 2. The maximum absolute atomic E-state index is 13.8. The Bertz CT molecular complexity index is 1210. The molecule has 0 saturated carbocycles. The number of amides is 2. The van der Waals surface area contributed by atoms with Gasteiger partial charge in [0.1, 0.15) is 12.3 Å². The van der Waals surface area contributed by atoms with E-state index >= 15 is 0 Å². The van der Waals surface area contributed by atoms with Crippen molar-refractivity contribution in [2.45, 2.75) is 26.3 Å². The molecular weight excluding hydrogens is 500 g/mol. The van der Waals surface area contributed by atoms with Crippen LogP contribution in [0.25, 0.3) is 0 Å². The lowest BCUT2D eigenvalue weighted by Gasteiger charge is -2.31. The third kappa shape index (κ3) is 6.17. The van der Waals surface area contributed by atoms with Crippen LogP contribution in [0.4, 0.5) is 0 Å². The minimum absolute atomic E-state index is 0.0399. The molecule has 5 rings (SSSR count). The summed E-state index contributed by atoms with van der Waals surface area (Å²) in [5.74, 6) is 1.60. The summed E-state index contributed by atoms with van der Waals surface area (Å²) in [5.41, 5.74) is 2.61. The number of ether oxygens (including phenoxy) is 4. The fourth-order valence-electron chi connectivity index (χ4n) is 5.03. The lowest BCUT2D eigenvalue weighted by atomic mass is 9.98. The van der Waals surface area contributed by atoms with E-state index in [0.29, 0.717) is 44.2 Å². The molecule has 39 heavy (non-hydrogen) atoms. The number of carbonyl (C=O) groups excluding carboxylic acids is 2. The zero-order chi connectivity index (χ0) is 27.4. The van der Waals surface area contributed by atoms with Gasteiger partial charge in [0.05, 0.1) is 32.1 Å². The van der Waals surface area contributed by atoms with Crippen LogP contribution in [0.1, 0.15) is 37.4 Å². The second-order valence-electron chi connectivity index (χ2n) is 10.2. The molecule has 2 amide bonds. The molecule has 1 atom stereocenters. The topological polar surface area (TPSA) is 93.1 Å². The molecule has 1 saturated heterocycles. The van der Waals surface area contributed by atoms with Crippen molar-refractivity contribution in [3.63, 3.8) is 0 Å². The van der Waals surface area contributed by atoms with Gasteiger partial charge < -0.3 is 23.8 Å². The predicted octanol–water partition coefficient (Wildman–Crippen LogP) is 2.92. The fourth-order valence-corrected chi connectivity index (χ4v) is 5.03. The van der Waals surface area contributed by atoms with Gasteiger partial charge in [-0.2, -0.15) is 5.10 Å². The molecule has 1 unspecified atom stereocenters. The van der Waals surface area contributed by atoms with Crippen LogP contribution in [0.3, 0.4) is 0 Å². The van der Waals surface area contributed by atoms with Crippen LogP contribution < -0.4 is 14.2 Å². The Labute approximate surface area is 229 Å². The van der Waals surface area contributed by atoms with E-state index in [1.165, 1.54) is 5.01 Å². The summed E-state index contributed by atoms with van der Waals surface area (Å²) >= 11 is 0. The molecule has 1 fully saturated rings. The number of benzene rings is 2. The third-order valence-electron chi connectivity index (χ3n) is 7.29. The number of fused-ring (bicyclic) bond motifs is 1. The lowest BCUT2D eigenvalue weighted by Crippen LogP contribution is -2.47. The average molecular weight is 537 g/mol. The van der Waals surface area contributed by atoms with Crippen molar-refractivity contribution in [2.75, 3.05) is 59.8 Å². The van der Waals surface area contributed by atoms with Crippen molar-refractivity contribution in [3.05, 3.63) is 53.6 Å². The number of hydrogen-bond acceptors (Lipinski definition) is 8. The molecule has 0 N–H and O–H groups in total. The smallest absolute Gasteiger partial charge is 0.262 e. The van der Waals surface area contributed by atoms with Crippen molar-refractivity contribution >= 4 is 17.5 Å². The van der Waals surface area contributed by atoms with E-state index in [2.05, 4.69) is 4.90 Å². The molecule has 10 nitrogen and oxygen atoms in total. The maximum atomic E-state index is 13.8. The summed E-state index contributed by atoms with van der Waals surface area (Å²) in [6.07, 6.45) is 0.531. The fraction of sp³-hybridized carbons (Fsp3) is 0.483. The van der Waals surface area contributed by atoms with E-state index in [-0.39, 0.29) is 37.1 Å². The molecule has 0 aliphatic carbocycles. The highest BCUT2D eigenvalue weighted by atomic mass is 16.7. The minimum atomic E-state index is -0.334. The van der Waals surface area contributed by atoms with Crippen LogP contribution in [-0.4, -0.2) is 92.2 Å². The number of hydrazone groups is 1. The van der Waals surface area contributed by atoms with Crippen molar-refractivity contribution in [1.29, 1.82) is 0 Å². The standard InChI is InChI=1S/C29H36N4O6/c1-20(2)29(35)32(11-10-31-12-14-37-15-13-31)18-28(34)33-25(22-6-9-26-27(16-22)39-19-38-26)17-24(30-33)21-4-7-23(36-3)8-5-21/h4-9,16,20,25H,10-15,17-19H2,1-3H3. The molecule has 0 spiro atoms. The third-order valence-corrected chi connectivity index (χ3v) is 7.29. The average Bonchev–Trinajstić information content (AvgIpc) is 3.62. The number of rotatable bonds is 9. The predicted molar refractivity (Wildman–Crippen MR) is 145 cm³/mol. The minimum Gasteiger partial charge on any atom is -0.497 e. The van der Waals surface area contributed by atoms with Gasteiger partial charge in [0.2, 0.25) is 12.7 Å². The van der Waals surface area contributed by atoms with Crippen LogP contribution in [0, 0.1) is 5.92 Å². The van der Waals surface area contributed by atoms with E-state index in [9.17, 15) is 9.59 Å². The van der Waals surface area contributed by atoms with Crippen LogP contribution in [0.5, 0.6) is 17.2 Å². The summed E-state index contributed by atoms with van der Waals surface area (Å²) < 4.78 is 21.8. The summed E-state index contributed by atoms with van der Waals surface area (Å²) in [5, 5.41) is 6.33. The van der Waals surface area contributed by atoms with Gasteiger partial charge >= 0.3 is 0 Å². The Kier molecular flexibility index (Phi) is 8.33. The molecule has 0 aromatic heterocycles. The van der Waals surface area contributed by atoms with Crippen molar-refractivity contribution in [2.24, 2.45) is 11.0 Å². The van der Waals surface area contributed by atoms with Crippen LogP contribution >= 0.6 is 0 Å². The largest absolute Gasteiger partial charge is 0.497 e. The first kappa shape index (κ1) is 27.0. The van der Waals surface area contributed by atoms with Gasteiger partial charge in [-0.3, -0.25) is 14.5 Å². The highest BCUT2D eigenvalue weighted by Crippen LogP contribution is 2.39. The molecule has 0 radical (unpaired) electrons. The zero-order valence-corrected chi connectivity index (χ0v) is 22.8. The van der Waals surface area contributed by atoms with Crippen molar-refractivity contribution < 1.29 is 28.5 Å². The highest BCUT2D eigenvalue weighted by molar-refractivity contribution is 6.03. The normalized spacial score (nSPS) is 18.8. The Morgan fingerprint density at radius 3 is 2.54 bits per heavy atom. The van der Waals surface area contributed by atoms with E-state index < -0.39 is 0 Å². The van der Waals surface area contributed by atoms with Gasteiger partial charge in [-0.25, -0.2) is 5.01 Å². The molecule has 10 heteroatoms. The van der Waals surface area contributed by atoms with Gasteiger partial charge in [-0.05, 0) is 47.5 Å². The first-order chi connectivity index (χ1) is 18.9. The molecule has 3 heterocycles. The van der Waals surface area contributed by atoms with E-state index in [0.717, 1.165) is 35.7 Å². The van der Waals surface area contributed by atoms with Gasteiger partial charge in [0.15, 0.2) is 11.5 Å². The van der Waals surface area contributed by atoms with Crippen LogP contribution in [0.2, 0.25) is 0 Å². The van der Waals surface area contributed by atoms with Gasteiger partial charge in [0, 0.05) is 38.5 Å². The maximum Gasteiger partial charge on any atom is 0.262 e. The molecule has 2 aromatic rings. The van der Waals surface area contributed by atoms with E-state index in [1.807, 2.05) is 56.3 Å². The van der Waals surface area contributed by atoms with Gasteiger partial charge in [0.25, 0.3) is 5.91 Å². The van der Waals surface area contributed by atoms with Crippen molar-refractivity contribution in [3.8, 4) is 17.2 Å². The summed E-state index contributed by atoms with van der Waals surface area (Å²) in [6, 6.07) is 13.0. The summed E-state index contributed by atoms with van der Waals surface area (Å²) in [7, 11) is 1.63. The highest BCUT2D eigenvalue weighted by Gasteiger charge is 2.35. The van der Waals surface area contributed by atoms with Gasteiger partial charge in [-0.15, -0.1) is 0 Å². The molecule has 3 aliphatic rings. The number of methoxy groups -OCH3 is 1. The second kappa shape index (κ2) is 12.0. The quantitative estimate of drug-likeness (QED) is 0.487. The van der Waals surface area contributed by atoms with Crippen molar-refractivity contribution in [1.82, 2.24) is 14.8 Å².